The molecule has 2 N–H and O–H groups in total. The van der Waals surface area contributed by atoms with Crippen LogP contribution in [0.3, 0.4) is 0 Å². The van der Waals surface area contributed by atoms with Crippen molar-refractivity contribution in [2.24, 2.45) is 5.73 Å². The van der Waals surface area contributed by atoms with E-state index in [0.29, 0.717) is 6.61 Å². The van der Waals surface area contributed by atoms with Gasteiger partial charge in [0.2, 0.25) is 0 Å². The molecule has 6 heteroatoms. The molecule has 1 fully saturated rings. The van der Waals surface area contributed by atoms with Crippen LogP contribution in [0.5, 0.6) is 0 Å². The zero-order valence-electron chi connectivity index (χ0n) is 11.5. The zero-order chi connectivity index (χ0) is 13.3. The number of ether oxygens (including phenoxy) is 2. The molecule has 1 aromatic heterocycles. The van der Waals surface area contributed by atoms with Gasteiger partial charge in [0, 0.05) is 12.8 Å². The van der Waals surface area contributed by atoms with Crippen LogP contribution in [0.25, 0.3) is 0 Å². The van der Waals surface area contributed by atoms with Crippen molar-refractivity contribution in [2.45, 2.75) is 51.4 Å². The van der Waals surface area contributed by atoms with Gasteiger partial charge in [-0.05, 0) is 45.1 Å². The van der Waals surface area contributed by atoms with Crippen molar-refractivity contribution < 1.29 is 9.47 Å². The average Bonchev–Trinajstić information content (AvgIpc) is 2.88. The van der Waals surface area contributed by atoms with Gasteiger partial charge in [-0.3, -0.25) is 0 Å². The average molecular weight is 268 g/mol. The third kappa shape index (κ3) is 5.26. The van der Waals surface area contributed by atoms with Crippen LogP contribution in [0.1, 0.15) is 37.8 Å². The van der Waals surface area contributed by atoms with E-state index in [-0.39, 0.29) is 6.29 Å². The number of aromatic nitrogens is 3. The van der Waals surface area contributed by atoms with Crippen molar-refractivity contribution in [3.8, 4) is 0 Å². The Morgan fingerprint density at radius 1 is 1.42 bits per heavy atom. The van der Waals surface area contributed by atoms with E-state index in [9.17, 15) is 0 Å². The van der Waals surface area contributed by atoms with Gasteiger partial charge in [-0.15, -0.1) is 5.10 Å². The van der Waals surface area contributed by atoms with E-state index in [0.717, 1.165) is 57.5 Å². The Hall–Kier alpha value is -0.980. The monoisotopic (exact) mass is 268 g/mol. The van der Waals surface area contributed by atoms with E-state index < -0.39 is 0 Å². The van der Waals surface area contributed by atoms with E-state index in [1.165, 1.54) is 6.42 Å². The molecule has 1 atom stereocenters. The van der Waals surface area contributed by atoms with Gasteiger partial charge in [-0.2, -0.15) is 0 Å². The van der Waals surface area contributed by atoms with Gasteiger partial charge in [-0.1, -0.05) is 5.21 Å². The normalized spacial score (nSPS) is 19.7. The first kappa shape index (κ1) is 14.4. The Morgan fingerprint density at radius 2 is 2.37 bits per heavy atom. The molecule has 1 aliphatic heterocycles. The van der Waals surface area contributed by atoms with Crippen LogP contribution in [0.4, 0.5) is 0 Å². The molecular formula is C13H24N4O2. The summed E-state index contributed by atoms with van der Waals surface area (Å²) in [6.07, 6.45) is 8.36. The summed E-state index contributed by atoms with van der Waals surface area (Å²) in [7, 11) is 0. The molecule has 2 heterocycles. The first-order chi connectivity index (χ1) is 9.38. The summed E-state index contributed by atoms with van der Waals surface area (Å²) >= 11 is 0. The largest absolute Gasteiger partial charge is 0.353 e. The Bertz CT molecular complexity index is 350. The number of nitrogens with zero attached hydrogens (tertiary/aromatic N) is 3. The van der Waals surface area contributed by atoms with Crippen LogP contribution in [-0.2, 0) is 22.4 Å². The molecule has 1 aliphatic rings. The summed E-state index contributed by atoms with van der Waals surface area (Å²) in [6, 6.07) is 0. The van der Waals surface area contributed by atoms with E-state index >= 15 is 0 Å². The lowest BCUT2D eigenvalue weighted by Gasteiger charge is -2.22. The highest BCUT2D eigenvalue weighted by atomic mass is 16.7. The number of unbranched alkanes of at least 4 members (excludes halogenated alkanes) is 1. The van der Waals surface area contributed by atoms with Crippen molar-refractivity contribution in [1.82, 2.24) is 15.0 Å². The fraction of sp³-hybridized carbons (Fsp3) is 0.846. The second-order valence-electron chi connectivity index (χ2n) is 4.89. The summed E-state index contributed by atoms with van der Waals surface area (Å²) in [5.74, 6) is 0. The van der Waals surface area contributed by atoms with Gasteiger partial charge in [0.05, 0.1) is 18.8 Å². The zero-order valence-corrected chi connectivity index (χ0v) is 11.5. The molecule has 0 aromatic carbocycles. The van der Waals surface area contributed by atoms with Gasteiger partial charge in [0.25, 0.3) is 0 Å². The smallest absolute Gasteiger partial charge is 0.157 e. The standard InChI is InChI=1S/C13H24N4O2/c14-7-3-1-5-12-11-17(16-15-12)8-10-19-13-6-2-4-9-18-13/h11,13H,1-10,14H2. The summed E-state index contributed by atoms with van der Waals surface area (Å²) < 4.78 is 13.0. The summed E-state index contributed by atoms with van der Waals surface area (Å²) in [5, 5.41) is 8.23. The van der Waals surface area contributed by atoms with Crippen molar-refractivity contribution in [3.63, 3.8) is 0 Å². The van der Waals surface area contributed by atoms with Crippen LogP contribution < -0.4 is 5.73 Å². The lowest BCUT2D eigenvalue weighted by molar-refractivity contribution is -0.163. The van der Waals surface area contributed by atoms with Gasteiger partial charge in [0.1, 0.15) is 0 Å². The Balaban J connectivity index is 1.62. The molecule has 1 aromatic rings. The predicted molar refractivity (Wildman–Crippen MR) is 71.6 cm³/mol. The summed E-state index contributed by atoms with van der Waals surface area (Å²) in [5.41, 5.74) is 6.49. The summed E-state index contributed by atoms with van der Waals surface area (Å²) in [4.78, 5) is 0. The van der Waals surface area contributed by atoms with Crippen LogP contribution in [0, 0.1) is 0 Å². The Kier molecular flexibility index (Phi) is 6.26. The third-order valence-corrected chi connectivity index (χ3v) is 3.24. The Morgan fingerprint density at radius 3 is 3.16 bits per heavy atom. The Labute approximate surface area is 114 Å². The lowest BCUT2D eigenvalue weighted by atomic mass is 10.2. The molecule has 2 rings (SSSR count). The maximum atomic E-state index is 5.67. The van der Waals surface area contributed by atoms with E-state index in [1.54, 1.807) is 0 Å². The summed E-state index contributed by atoms with van der Waals surface area (Å²) in [6.45, 7) is 2.91. The van der Waals surface area contributed by atoms with Crippen LogP contribution in [0.2, 0.25) is 0 Å². The fourth-order valence-electron chi connectivity index (χ4n) is 2.13. The topological polar surface area (TPSA) is 75.2 Å². The van der Waals surface area contributed by atoms with Crippen molar-refractivity contribution >= 4 is 0 Å². The van der Waals surface area contributed by atoms with Crippen molar-refractivity contribution in [2.75, 3.05) is 19.8 Å². The van der Waals surface area contributed by atoms with Gasteiger partial charge in [-0.25, -0.2) is 4.68 Å². The highest BCUT2D eigenvalue weighted by Crippen LogP contribution is 2.13. The molecular weight excluding hydrogens is 244 g/mol. The molecule has 0 bridgehead atoms. The number of hydrogen-bond acceptors (Lipinski definition) is 5. The first-order valence-electron chi connectivity index (χ1n) is 7.21. The molecule has 0 radical (unpaired) electrons. The molecule has 0 spiro atoms. The molecule has 0 saturated carbocycles. The minimum atomic E-state index is -0.0266. The molecule has 1 saturated heterocycles. The second kappa shape index (κ2) is 8.24. The van der Waals surface area contributed by atoms with Crippen molar-refractivity contribution in [3.05, 3.63) is 11.9 Å². The third-order valence-electron chi connectivity index (χ3n) is 3.24. The van der Waals surface area contributed by atoms with Crippen molar-refractivity contribution in [1.29, 1.82) is 0 Å². The van der Waals surface area contributed by atoms with E-state index in [4.69, 9.17) is 15.2 Å². The number of nitrogens with two attached hydrogens (primary N) is 1. The first-order valence-corrected chi connectivity index (χ1v) is 7.21. The lowest BCUT2D eigenvalue weighted by Crippen LogP contribution is -2.24. The number of hydrogen-bond donors (Lipinski definition) is 1. The molecule has 19 heavy (non-hydrogen) atoms. The molecule has 1 unspecified atom stereocenters. The van der Waals surface area contributed by atoms with Crippen LogP contribution in [0.15, 0.2) is 6.20 Å². The predicted octanol–water partition coefficient (Wildman–Crippen LogP) is 1.10. The van der Waals surface area contributed by atoms with Crippen LogP contribution in [-0.4, -0.2) is 41.0 Å². The molecule has 6 nitrogen and oxygen atoms in total. The molecule has 108 valence electrons. The molecule has 0 aliphatic carbocycles. The number of rotatable bonds is 8. The minimum Gasteiger partial charge on any atom is -0.353 e. The molecule has 0 amide bonds. The maximum absolute atomic E-state index is 5.67. The highest BCUT2D eigenvalue weighted by molar-refractivity contribution is 4.92. The van der Waals surface area contributed by atoms with E-state index in [2.05, 4.69) is 10.3 Å². The van der Waals surface area contributed by atoms with Gasteiger partial charge < -0.3 is 15.2 Å². The fourth-order valence-corrected chi connectivity index (χ4v) is 2.13. The minimum absolute atomic E-state index is 0.0266. The van der Waals surface area contributed by atoms with E-state index in [1.807, 2.05) is 10.9 Å². The van der Waals surface area contributed by atoms with Gasteiger partial charge >= 0.3 is 0 Å². The van der Waals surface area contributed by atoms with Crippen LogP contribution >= 0.6 is 0 Å². The SMILES string of the molecule is NCCCCc1cn(CCOC2CCCCO2)nn1. The number of aryl methyl sites for hydroxylation is 1. The second-order valence-corrected chi connectivity index (χ2v) is 4.89. The highest BCUT2D eigenvalue weighted by Gasteiger charge is 2.13. The van der Waals surface area contributed by atoms with Gasteiger partial charge in [0.15, 0.2) is 6.29 Å². The quantitative estimate of drug-likeness (QED) is 0.715. The maximum Gasteiger partial charge on any atom is 0.157 e.